The number of hydrogen-bond donors (Lipinski definition) is 0. The molecule has 2 rings (SSSR count). The summed E-state index contributed by atoms with van der Waals surface area (Å²) in [7, 11) is 0. The lowest BCUT2D eigenvalue weighted by Crippen LogP contribution is -1.83. The van der Waals surface area contributed by atoms with Crippen LogP contribution in [0.25, 0.3) is 0 Å². The van der Waals surface area contributed by atoms with Gasteiger partial charge in [0.15, 0.2) is 0 Å². The van der Waals surface area contributed by atoms with E-state index in [1.54, 1.807) is 0 Å². The summed E-state index contributed by atoms with van der Waals surface area (Å²) < 4.78 is 5.46. The predicted octanol–water partition coefficient (Wildman–Crippen LogP) is 2.92. The maximum Gasteiger partial charge on any atom is 0.113 e. The zero-order valence-electron chi connectivity index (χ0n) is 7.19. The Kier molecular flexibility index (Phi) is 2.67. The molecule has 1 saturated heterocycles. The second-order valence-electron chi connectivity index (χ2n) is 3.01. The molecule has 2 heteroatoms. The van der Waals surface area contributed by atoms with Crippen LogP contribution in [-0.4, -0.2) is 12.0 Å². The van der Waals surface area contributed by atoms with E-state index in [0.717, 1.165) is 0 Å². The van der Waals surface area contributed by atoms with E-state index in [2.05, 4.69) is 12.1 Å². The van der Waals surface area contributed by atoms with E-state index in [9.17, 15) is 0 Å². The number of alkyl halides is 1. The molecule has 1 aliphatic heterocycles. The van der Waals surface area contributed by atoms with Crippen molar-refractivity contribution in [2.24, 2.45) is 0 Å². The first-order chi connectivity index (χ1) is 6.42. The minimum absolute atomic E-state index is 0.237. The van der Waals surface area contributed by atoms with E-state index < -0.39 is 0 Å². The minimum atomic E-state index is 0.237. The lowest BCUT2D eigenvalue weighted by Gasteiger charge is -1.91. The lowest BCUT2D eigenvalue weighted by atomic mass is 10.1. The first-order valence-electron chi connectivity index (χ1n) is 4.35. The molecule has 1 aliphatic rings. The van der Waals surface area contributed by atoms with Gasteiger partial charge in [-0.3, -0.25) is 0 Å². The molecule has 0 aliphatic carbocycles. The molecule has 1 nitrogen and oxygen atoms in total. The zero-order valence-corrected chi connectivity index (χ0v) is 7.95. The summed E-state index contributed by atoms with van der Waals surface area (Å²) in [5, 5.41) is 0. The van der Waals surface area contributed by atoms with Crippen molar-refractivity contribution in [1.29, 1.82) is 0 Å². The van der Waals surface area contributed by atoms with Crippen molar-refractivity contribution in [1.82, 2.24) is 0 Å². The molecule has 0 bridgehead atoms. The average molecular weight is 195 g/mol. The van der Waals surface area contributed by atoms with Crippen molar-refractivity contribution >= 4 is 11.6 Å². The molecule has 0 spiro atoms. The van der Waals surface area contributed by atoms with Crippen LogP contribution >= 0.6 is 11.6 Å². The molecule has 13 heavy (non-hydrogen) atoms. The van der Waals surface area contributed by atoms with E-state index >= 15 is 0 Å². The number of hydrogen-bond acceptors (Lipinski definition) is 1. The fourth-order valence-electron chi connectivity index (χ4n) is 1.37. The van der Waals surface area contributed by atoms with E-state index in [1.165, 1.54) is 5.56 Å². The normalized spacial score (nSPS) is 26.5. The van der Waals surface area contributed by atoms with Crippen LogP contribution < -0.4 is 0 Å². The standard InChI is InChI=1S/C11H11ClO/c12-8-4-7-10-11(13-10)9-5-2-1-3-6-9/h1-7,10-11H,8H2/b7-4+/t10-,11-/m1/s1. The van der Waals surface area contributed by atoms with Crippen molar-refractivity contribution in [2.75, 3.05) is 5.88 Å². The van der Waals surface area contributed by atoms with Crippen LogP contribution in [0.3, 0.4) is 0 Å². The quantitative estimate of drug-likeness (QED) is 0.410. The molecule has 1 fully saturated rings. The van der Waals surface area contributed by atoms with Gasteiger partial charge in [0.2, 0.25) is 0 Å². The maximum atomic E-state index is 5.52. The van der Waals surface area contributed by atoms with Crippen LogP contribution in [0.1, 0.15) is 11.7 Å². The highest BCUT2D eigenvalue weighted by Crippen LogP contribution is 2.39. The van der Waals surface area contributed by atoms with E-state index in [-0.39, 0.29) is 12.2 Å². The molecule has 68 valence electrons. The van der Waals surface area contributed by atoms with Gasteiger partial charge in [0.05, 0.1) is 0 Å². The second kappa shape index (κ2) is 3.95. The predicted molar refractivity (Wildman–Crippen MR) is 53.9 cm³/mol. The molecular weight excluding hydrogens is 184 g/mol. The number of rotatable bonds is 3. The Bertz CT molecular complexity index is 294. The fraction of sp³-hybridized carbons (Fsp3) is 0.273. The third-order valence-corrected chi connectivity index (χ3v) is 2.25. The summed E-state index contributed by atoms with van der Waals surface area (Å²) in [5.74, 6) is 0.557. The van der Waals surface area contributed by atoms with Gasteiger partial charge in [0, 0.05) is 5.88 Å². The van der Waals surface area contributed by atoms with Crippen LogP contribution in [0.15, 0.2) is 42.5 Å². The highest BCUT2D eigenvalue weighted by molar-refractivity contribution is 6.18. The van der Waals surface area contributed by atoms with Crippen molar-refractivity contribution in [2.45, 2.75) is 12.2 Å². The molecule has 1 aromatic carbocycles. The third kappa shape index (κ3) is 2.11. The topological polar surface area (TPSA) is 12.5 Å². The Morgan fingerprint density at radius 3 is 2.77 bits per heavy atom. The van der Waals surface area contributed by atoms with E-state index in [4.69, 9.17) is 16.3 Å². The molecule has 1 heterocycles. The second-order valence-corrected chi connectivity index (χ2v) is 3.32. The van der Waals surface area contributed by atoms with E-state index in [1.807, 2.05) is 30.4 Å². The smallest absolute Gasteiger partial charge is 0.113 e. The van der Waals surface area contributed by atoms with Crippen molar-refractivity contribution < 1.29 is 4.74 Å². The molecule has 0 radical (unpaired) electrons. The molecule has 0 unspecified atom stereocenters. The number of epoxide rings is 1. The Balaban J connectivity index is 1.97. The maximum absolute atomic E-state index is 5.52. The first kappa shape index (κ1) is 8.79. The summed E-state index contributed by atoms with van der Waals surface area (Å²) in [5.41, 5.74) is 1.24. The van der Waals surface area contributed by atoms with Crippen LogP contribution in [-0.2, 0) is 4.74 Å². The summed E-state index contributed by atoms with van der Waals surface area (Å²) in [6.07, 6.45) is 4.43. The number of halogens is 1. The van der Waals surface area contributed by atoms with Crippen LogP contribution in [0.2, 0.25) is 0 Å². The third-order valence-electron chi connectivity index (χ3n) is 2.07. The van der Waals surface area contributed by atoms with Crippen LogP contribution in [0, 0.1) is 0 Å². The number of benzene rings is 1. The monoisotopic (exact) mass is 194 g/mol. The van der Waals surface area contributed by atoms with Crippen LogP contribution in [0.4, 0.5) is 0 Å². The zero-order chi connectivity index (χ0) is 9.10. The molecule has 2 atom stereocenters. The summed E-state index contributed by atoms with van der Waals surface area (Å²) in [6.45, 7) is 0. The van der Waals surface area contributed by atoms with Gasteiger partial charge < -0.3 is 4.74 Å². The van der Waals surface area contributed by atoms with Gasteiger partial charge in [-0.05, 0) is 5.56 Å². The number of ether oxygens (including phenoxy) is 1. The Labute approximate surface area is 83.0 Å². The van der Waals surface area contributed by atoms with Crippen molar-refractivity contribution in [3.8, 4) is 0 Å². The molecular formula is C11H11ClO. The van der Waals surface area contributed by atoms with Crippen molar-refractivity contribution in [3.05, 3.63) is 48.0 Å². The molecule has 1 aromatic rings. The van der Waals surface area contributed by atoms with E-state index in [0.29, 0.717) is 5.88 Å². The van der Waals surface area contributed by atoms with Gasteiger partial charge >= 0.3 is 0 Å². The molecule has 0 N–H and O–H groups in total. The Hall–Kier alpha value is -0.790. The summed E-state index contributed by atoms with van der Waals surface area (Å²) in [4.78, 5) is 0. The minimum Gasteiger partial charge on any atom is -0.360 e. The van der Waals surface area contributed by atoms with Crippen LogP contribution in [0.5, 0.6) is 0 Å². The van der Waals surface area contributed by atoms with Gasteiger partial charge in [-0.1, -0.05) is 42.5 Å². The average Bonchev–Trinajstić information content (AvgIpc) is 2.95. The van der Waals surface area contributed by atoms with Gasteiger partial charge in [-0.15, -0.1) is 11.6 Å². The number of allylic oxidation sites excluding steroid dienone is 1. The van der Waals surface area contributed by atoms with Gasteiger partial charge in [-0.2, -0.15) is 0 Å². The molecule has 0 saturated carbocycles. The summed E-state index contributed by atoms with van der Waals surface area (Å²) >= 11 is 5.52. The summed E-state index contributed by atoms with van der Waals surface area (Å²) in [6, 6.07) is 10.2. The largest absolute Gasteiger partial charge is 0.360 e. The Morgan fingerprint density at radius 2 is 2.08 bits per heavy atom. The van der Waals surface area contributed by atoms with Gasteiger partial charge in [0.25, 0.3) is 0 Å². The molecule has 0 aromatic heterocycles. The Morgan fingerprint density at radius 1 is 1.31 bits per heavy atom. The SMILES string of the molecule is ClC/C=C/[C@H]1O[C@@H]1c1ccccc1. The van der Waals surface area contributed by atoms with Crippen molar-refractivity contribution in [3.63, 3.8) is 0 Å². The fourth-order valence-corrected chi connectivity index (χ4v) is 1.47. The lowest BCUT2D eigenvalue weighted by molar-refractivity contribution is 0.394. The first-order valence-corrected chi connectivity index (χ1v) is 4.88. The highest BCUT2D eigenvalue weighted by atomic mass is 35.5. The molecule has 0 amide bonds. The van der Waals surface area contributed by atoms with Gasteiger partial charge in [-0.25, -0.2) is 0 Å². The van der Waals surface area contributed by atoms with Gasteiger partial charge in [0.1, 0.15) is 12.2 Å². The highest BCUT2D eigenvalue weighted by Gasteiger charge is 2.37.